The van der Waals surface area contributed by atoms with Crippen molar-refractivity contribution in [1.29, 1.82) is 0 Å². The van der Waals surface area contributed by atoms with Crippen LogP contribution in [0.2, 0.25) is 0 Å². The summed E-state index contributed by atoms with van der Waals surface area (Å²) in [4.78, 5) is 29.3. The quantitative estimate of drug-likeness (QED) is 0.857. The zero-order chi connectivity index (χ0) is 15.9. The summed E-state index contributed by atoms with van der Waals surface area (Å²) in [5.41, 5.74) is 6.66. The van der Waals surface area contributed by atoms with E-state index < -0.39 is 5.91 Å². The molecule has 0 saturated carbocycles. The monoisotopic (exact) mass is 361 g/mol. The van der Waals surface area contributed by atoms with Crippen molar-refractivity contribution >= 4 is 27.7 Å². The van der Waals surface area contributed by atoms with E-state index in [-0.39, 0.29) is 18.9 Å². The van der Waals surface area contributed by atoms with Gasteiger partial charge in [-0.05, 0) is 27.6 Å². The fourth-order valence-corrected chi connectivity index (χ4v) is 2.38. The second-order valence-electron chi connectivity index (χ2n) is 4.82. The smallest absolute Gasteiger partial charge is 0.255 e. The Morgan fingerprint density at radius 3 is 2.55 bits per heavy atom. The number of pyridine rings is 1. The number of primary amides is 1. The lowest BCUT2D eigenvalue weighted by atomic mass is 10.1. The first-order chi connectivity index (χ1) is 10.6. The molecule has 2 rings (SSSR count). The van der Waals surface area contributed by atoms with Crippen LogP contribution in [0.4, 0.5) is 0 Å². The third-order valence-corrected chi connectivity index (χ3v) is 3.52. The maximum atomic E-state index is 12.6. The third-order valence-electron chi connectivity index (χ3n) is 3.08. The molecule has 0 fully saturated rings. The fourth-order valence-electron chi connectivity index (χ4n) is 2.01. The van der Waals surface area contributed by atoms with Gasteiger partial charge in [0, 0.05) is 36.4 Å². The number of aromatic nitrogens is 1. The number of hydrogen-bond acceptors (Lipinski definition) is 3. The normalized spacial score (nSPS) is 10.2. The number of nitrogens with zero attached hydrogens (tertiary/aromatic N) is 2. The number of carbonyl (C=O) groups is 2. The van der Waals surface area contributed by atoms with Crippen molar-refractivity contribution in [3.05, 3.63) is 64.4 Å². The van der Waals surface area contributed by atoms with Gasteiger partial charge < -0.3 is 10.6 Å². The molecule has 0 radical (unpaired) electrons. The molecule has 0 atom stereocenters. The summed E-state index contributed by atoms with van der Waals surface area (Å²) in [6.07, 6.45) is 3.25. The Hall–Kier alpha value is -2.21. The van der Waals surface area contributed by atoms with Crippen LogP contribution in [0.25, 0.3) is 0 Å². The lowest BCUT2D eigenvalue weighted by Crippen LogP contribution is -2.33. The number of amides is 2. The molecule has 0 saturated heterocycles. The van der Waals surface area contributed by atoms with Gasteiger partial charge in [0.2, 0.25) is 5.91 Å². The molecule has 1 aromatic heterocycles. The second-order valence-corrected chi connectivity index (χ2v) is 5.74. The zero-order valence-electron chi connectivity index (χ0n) is 11.9. The molecule has 114 valence electrons. The van der Waals surface area contributed by atoms with Gasteiger partial charge in [-0.1, -0.05) is 30.3 Å². The topological polar surface area (TPSA) is 76.3 Å². The van der Waals surface area contributed by atoms with Gasteiger partial charge in [0.15, 0.2) is 0 Å². The Labute approximate surface area is 137 Å². The lowest BCUT2D eigenvalue weighted by Gasteiger charge is -2.22. The van der Waals surface area contributed by atoms with Gasteiger partial charge in [0.05, 0.1) is 5.56 Å². The number of hydrogen-bond donors (Lipinski definition) is 1. The molecule has 0 aliphatic rings. The van der Waals surface area contributed by atoms with Crippen molar-refractivity contribution in [2.24, 2.45) is 5.73 Å². The molecule has 2 N–H and O–H groups in total. The van der Waals surface area contributed by atoms with E-state index in [1.165, 1.54) is 6.20 Å². The molecule has 2 aromatic rings. The van der Waals surface area contributed by atoms with Crippen molar-refractivity contribution in [2.75, 3.05) is 6.54 Å². The van der Waals surface area contributed by atoms with E-state index in [2.05, 4.69) is 20.9 Å². The Morgan fingerprint density at radius 2 is 1.91 bits per heavy atom. The van der Waals surface area contributed by atoms with Gasteiger partial charge in [-0.25, -0.2) is 0 Å². The minimum absolute atomic E-state index is 0.125. The van der Waals surface area contributed by atoms with Gasteiger partial charge in [0.25, 0.3) is 5.91 Å². The van der Waals surface area contributed by atoms with Crippen LogP contribution in [-0.4, -0.2) is 28.2 Å². The Morgan fingerprint density at radius 1 is 1.18 bits per heavy atom. The molecule has 22 heavy (non-hydrogen) atoms. The molecule has 1 heterocycles. The molecular formula is C16H16BrN3O2. The number of halogens is 1. The second kappa shape index (κ2) is 7.70. The van der Waals surface area contributed by atoms with E-state index in [0.29, 0.717) is 12.1 Å². The standard InChI is InChI=1S/C16H16BrN3O2/c17-14-8-13(9-19-10-14)16(22)20(7-6-15(18)21)11-12-4-2-1-3-5-12/h1-5,8-10H,6-7,11H2,(H2,18,21). The number of benzene rings is 1. The maximum Gasteiger partial charge on any atom is 0.255 e. The molecule has 0 aliphatic carbocycles. The van der Waals surface area contributed by atoms with Gasteiger partial charge in [-0.15, -0.1) is 0 Å². The van der Waals surface area contributed by atoms with Crippen LogP contribution in [0, 0.1) is 0 Å². The van der Waals surface area contributed by atoms with Crippen LogP contribution in [-0.2, 0) is 11.3 Å². The van der Waals surface area contributed by atoms with Crippen LogP contribution < -0.4 is 5.73 Å². The van der Waals surface area contributed by atoms with Crippen molar-refractivity contribution in [2.45, 2.75) is 13.0 Å². The summed E-state index contributed by atoms with van der Waals surface area (Å²) in [6, 6.07) is 11.3. The van der Waals surface area contributed by atoms with Crippen molar-refractivity contribution < 1.29 is 9.59 Å². The molecule has 5 nitrogen and oxygen atoms in total. The molecule has 0 aliphatic heterocycles. The van der Waals surface area contributed by atoms with Gasteiger partial charge in [-0.3, -0.25) is 14.6 Å². The molecule has 6 heteroatoms. The SMILES string of the molecule is NC(=O)CCN(Cc1ccccc1)C(=O)c1cncc(Br)c1. The highest BCUT2D eigenvalue weighted by Gasteiger charge is 2.17. The van der Waals surface area contributed by atoms with Crippen molar-refractivity contribution in [3.8, 4) is 0 Å². The van der Waals surface area contributed by atoms with Crippen LogP contribution in [0.15, 0.2) is 53.3 Å². The predicted octanol–water partition coefficient (Wildman–Crippen LogP) is 2.36. The Kier molecular flexibility index (Phi) is 5.66. The maximum absolute atomic E-state index is 12.6. The van der Waals surface area contributed by atoms with E-state index in [0.717, 1.165) is 10.0 Å². The highest BCUT2D eigenvalue weighted by atomic mass is 79.9. The van der Waals surface area contributed by atoms with E-state index in [1.54, 1.807) is 17.2 Å². The first-order valence-electron chi connectivity index (χ1n) is 6.78. The number of carbonyl (C=O) groups excluding carboxylic acids is 2. The minimum atomic E-state index is -0.432. The summed E-state index contributed by atoms with van der Waals surface area (Å²) in [5, 5.41) is 0. The largest absolute Gasteiger partial charge is 0.370 e. The number of nitrogens with two attached hydrogens (primary N) is 1. The van der Waals surface area contributed by atoms with Crippen LogP contribution in [0.3, 0.4) is 0 Å². The molecule has 0 spiro atoms. The Bertz CT molecular complexity index is 661. The highest BCUT2D eigenvalue weighted by Crippen LogP contribution is 2.14. The molecule has 0 unspecified atom stereocenters. The average molecular weight is 362 g/mol. The van der Waals surface area contributed by atoms with E-state index in [4.69, 9.17) is 5.73 Å². The minimum Gasteiger partial charge on any atom is -0.370 e. The fraction of sp³-hybridized carbons (Fsp3) is 0.188. The summed E-state index contributed by atoms with van der Waals surface area (Å²) < 4.78 is 0.730. The number of rotatable bonds is 6. The van der Waals surface area contributed by atoms with Crippen LogP contribution in [0.5, 0.6) is 0 Å². The first-order valence-corrected chi connectivity index (χ1v) is 7.57. The van der Waals surface area contributed by atoms with Gasteiger partial charge >= 0.3 is 0 Å². The highest BCUT2D eigenvalue weighted by molar-refractivity contribution is 9.10. The summed E-state index contributed by atoms with van der Waals surface area (Å²) >= 11 is 3.30. The van der Waals surface area contributed by atoms with Crippen molar-refractivity contribution in [3.63, 3.8) is 0 Å². The van der Waals surface area contributed by atoms with E-state index in [1.807, 2.05) is 30.3 Å². The van der Waals surface area contributed by atoms with Gasteiger partial charge in [0.1, 0.15) is 0 Å². The van der Waals surface area contributed by atoms with Gasteiger partial charge in [-0.2, -0.15) is 0 Å². The first kappa shape index (κ1) is 16.2. The molecule has 2 amide bonds. The third kappa shape index (κ3) is 4.66. The van der Waals surface area contributed by atoms with Crippen LogP contribution in [0.1, 0.15) is 22.3 Å². The summed E-state index contributed by atoms with van der Waals surface area (Å²) in [6.45, 7) is 0.690. The lowest BCUT2D eigenvalue weighted by molar-refractivity contribution is -0.118. The summed E-state index contributed by atoms with van der Waals surface area (Å²) in [7, 11) is 0. The zero-order valence-corrected chi connectivity index (χ0v) is 13.5. The molecule has 1 aromatic carbocycles. The van der Waals surface area contributed by atoms with E-state index >= 15 is 0 Å². The van der Waals surface area contributed by atoms with Crippen molar-refractivity contribution in [1.82, 2.24) is 9.88 Å². The van der Waals surface area contributed by atoms with Crippen LogP contribution >= 0.6 is 15.9 Å². The molecular weight excluding hydrogens is 346 g/mol. The molecule has 0 bridgehead atoms. The summed E-state index contributed by atoms with van der Waals surface area (Å²) in [5.74, 6) is -0.614. The predicted molar refractivity (Wildman–Crippen MR) is 86.9 cm³/mol. The average Bonchev–Trinajstić information content (AvgIpc) is 2.51. The van der Waals surface area contributed by atoms with E-state index in [9.17, 15) is 9.59 Å². The Balaban J connectivity index is 2.19.